The lowest BCUT2D eigenvalue weighted by Gasteiger charge is -2.59. The molecule has 5 saturated carbocycles. The third kappa shape index (κ3) is 2.65. The van der Waals surface area contributed by atoms with Crippen molar-refractivity contribution in [3.05, 3.63) is 18.7 Å². The van der Waals surface area contributed by atoms with Gasteiger partial charge >= 0.3 is 0 Å². The van der Waals surface area contributed by atoms with Crippen LogP contribution in [-0.2, 0) is 11.3 Å². The molecular formula is C20H30N2O. The molecule has 4 bridgehead atoms. The Morgan fingerprint density at radius 2 is 1.70 bits per heavy atom. The first-order chi connectivity index (χ1) is 11.3. The summed E-state index contributed by atoms with van der Waals surface area (Å²) in [7, 11) is 0. The quantitative estimate of drug-likeness (QED) is 0.804. The van der Waals surface area contributed by atoms with Crippen LogP contribution >= 0.6 is 0 Å². The maximum absolute atomic E-state index is 6.82. The molecule has 126 valence electrons. The number of ether oxygens (including phenoxy) is 1. The van der Waals surface area contributed by atoms with Crippen molar-refractivity contribution in [2.45, 2.75) is 83.0 Å². The number of hydrogen-bond donors (Lipinski definition) is 0. The predicted octanol–water partition coefficient (Wildman–Crippen LogP) is 4.43. The highest BCUT2D eigenvalue weighted by Gasteiger charge is 2.55. The molecule has 0 aromatic carbocycles. The Bertz CT molecular complexity index is 497. The van der Waals surface area contributed by atoms with Gasteiger partial charge in [0.25, 0.3) is 0 Å². The summed E-state index contributed by atoms with van der Waals surface area (Å²) in [6, 6.07) is 0. The summed E-state index contributed by atoms with van der Waals surface area (Å²) in [5.41, 5.74) is 0.474. The van der Waals surface area contributed by atoms with Crippen molar-refractivity contribution in [3.8, 4) is 0 Å². The molecule has 3 nitrogen and oxygen atoms in total. The van der Waals surface area contributed by atoms with Crippen molar-refractivity contribution in [1.82, 2.24) is 9.55 Å². The van der Waals surface area contributed by atoms with E-state index >= 15 is 0 Å². The van der Waals surface area contributed by atoms with Crippen molar-refractivity contribution in [2.75, 3.05) is 0 Å². The standard InChI is InChI=1S/C20H30N2O/c1-2-4-18(3-1)23-19(13-22-6-5-21-14-22)20-10-15-7-16(11-20)9-17(8-15)12-20/h5-6,14-19H,1-4,7-13H2. The van der Waals surface area contributed by atoms with Crippen LogP contribution in [0.5, 0.6) is 0 Å². The van der Waals surface area contributed by atoms with Crippen LogP contribution < -0.4 is 0 Å². The van der Waals surface area contributed by atoms with E-state index < -0.39 is 0 Å². The molecule has 5 aliphatic rings. The summed E-state index contributed by atoms with van der Waals surface area (Å²) in [4.78, 5) is 4.26. The fourth-order valence-corrected chi connectivity index (χ4v) is 6.80. The Balaban J connectivity index is 1.41. The van der Waals surface area contributed by atoms with Crippen molar-refractivity contribution < 1.29 is 4.74 Å². The first-order valence-corrected chi connectivity index (χ1v) is 9.90. The minimum atomic E-state index is 0.410. The van der Waals surface area contributed by atoms with Gasteiger partial charge in [-0.25, -0.2) is 4.98 Å². The van der Waals surface area contributed by atoms with E-state index in [1.807, 2.05) is 12.5 Å². The van der Waals surface area contributed by atoms with E-state index in [1.165, 1.54) is 64.2 Å². The lowest BCUT2D eigenvalue weighted by molar-refractivity contribution is -0.164. The van der Waals surface area contributed by atoms with Crippen molar-refractivity contribution in [2.24, 2.45) is 23.2 Å². The summed E-state index contributed by atoms with van der Waals surface area (Å²) in [6.07, 6.45) is 21.1. The average Bonchev–Trinajstić information content (AvgIpc) is 3.18. The van der Waals surface area contributed by atoms with Crippen molar-refractivity contribution in [1.29, 1.82) is 0 Å². The van der Waals surface area contributed by atoms with Crippen LogP contribution in [0.3, 0.4) is 0 Å². The van der Waals surface area contributed by atoms with Crippen LogP contribution in [0.4, 0.5) is 0 Å². The summed E-state index contributed by atoms with van der Waals surface area (Å²) >= 11 is 0. The maximum atomic E-state index is 6.82. The molecule has 0 saturated heterocycles. The summed E-state index contributed by atoms with van der Waals surface area (Å²) in [5, 5.41) is 0. The highest BCUT2D eigenvalue weighted by atomic mass is 16.5. The number of hydrogen-bond acceptors (Lipinski definition) is 2. The Hall–Kier alpha value is -0.830. The Morgan fingerprint density at radius 1 is 1.04 bits per heavy atom. The molecule has 0 spiro atoms. The second-order valence-electron chi connectivity index (χ2n) is 9.07. The van der Waals surface area contributed by atoms with E-state index in [4.69, 9.17) is 4.74 Å². The van der Waals surface area contributed by atoms with E-state index in [1.54, 1.807) is 0 Å². The zero-order chi connectivity index (χ0) is 15.3. The highest BCUT2D eigenvalue weighted by Crippen LogP contribution is 2.62. The lowest BCUT2D eigenvalue weighted by Crippen LogP contribution is -2.54. The van der Waals surface area contributed by atoms with Gasteiger partial charge in [0, 0.05) is 12.4 Å². The largest absolute Gasteiger partial charge is 0.373 e. The van der Waals surface area contributed by atoms with Crippen molar-refractivity contribution in [3.63, 3.8) is 0 Å². The molecule has 0 aliphatic heterocycles. The highest BCUT2D eigenvalue weighted by molar-refractivity contribution is 5.05. The van der Waals surface area contributed by atoms with Crippen LogP contribution in [0.25, 0.3) is 0 Å². The number of aromatic nitrogens is 2. The maximum Gasteiger partial charge on any atom is 0.0946 e. The van der Waals surface area contributed by atoms with E-state index in [9.17, 15) is 0 Å². The van der Waals surface area contributed by atoms with Gasteiger partial charge in [0.15, 0.2) is 0 Å². The molecule has 5 aliphatic carbocycles. The fourth-order valence-electron chi connectivity index (χ4n) is 6.80. The first-order valence-electron chi connectivity index (χ1n) is 9.90. The van der Waals surface area contributed by atoms with Gasteiger partial charge in [-0.05, 0) is 74.5 Å². The average molecular weight is 314 g/mol. The molecule has 5 fully saturated rings. The Kier molecular flexibility index (Phi) is 3.54. The Labute approximate surface area is 139 Å². The van der Waals surface area contributed by atoms with Crippen molar-refractivity contribution >= 4 is 0 Å². The van der Waals surface area contributed by atoms with Gasteiger partial charge in [-0.15, -0.1) is 0 Å². The molecule has 3 heteroatoms. The zero-order valence-electron chi connectivity index (χ0n) is 14.2. The fraction of sp³-hybridized carbons (Fsp3) is 0.850. The molecular weight excluding hydrogens is 284 g/mol. The molecule has 6 rings (SSSR count). The molecule has 0 amide bonds. The van der Waals surface area contributed by atoms with Gasteiger partial charge in [-0.2, -0.15) is 0 Å². The van der Waals surface area contributed by atoms with E-state index in [0.717, 1.165) is 24.3 Å². The van der Waals surface area contributed by atoms with Gasteiger partial charge in [0.05, 0.1) is 25.1 Å². The number of imidazole rings is 1. The predicted molar refractivity (Wildman–Crippen MR) is 90.0 cm³/mol. The van der Waals surface area contributed by atoms with E-state index in [2.05, 4.69) is 15.7 Å². The van der Waals surface area contributed by atoms with E-state index in [-0.39, 0.29) is 0 Å². The Morgan fingerprint density at radius 3 is 2.26 bits per heavy atom. The number of nitrogens with zero attached hydrogens (tertiary/aromatic N) is 2. The molecule has 0 radical (unpaired) electrons. The van der Waals surface area contributed by atoms with Gasteiger partial charge in [-0.3, -0.25) is 0 Å². The van der Waals surface area contributed by atoms with Crippen LogP contribution in [-0.4, -0.2) is 21.8 Å². The van der Waals surface area contributed by atoms with Crippen LogP contribution in [0, 0.1) is 23.2 Å². The minimum absolute atomic E-state index is 0.410. The van der Waals surface area contributed by atoms with E-state index in [0.29, 0.717) is 17.6 Å². The smallest absolute Gasteiger partial charge is 0.0946 e. The molecule has 1 unspecified atom stereocenters. The molecule has 0 N–H and O–H groups in total. The molecule has 1 aromatic heterocycles. The zero-order valence-corrected chi connectivity index (χ0v) is 14.2. The van der Waals surface area contributed by atoms with Gasteiger partial charge in [0.1, 0.15) is 0 Å². The van der Waals surface area contributed by atoms with Gasteiger partial charge in [-0.1, -0.05) is 12.8 Å². The van der Waals surface area contributed by atoms with Gasteiger partial charge < -0.3 is 9.30 Å². The summed E-state index contributed by atoms with van der Waals surface area (Å²) in [6.45, 7) is 1.02. The normalized spacial score (nSPS) is 40.8. The topological polar surface area (TPSA) is 27.1 Å². The third-order valence-corrected chi connectivity index (χ3v) is 7.36. The minimum Gasteiger partial charge on any atom is -0.373 e. The summed E-state index contributed by atoms with van der Waals surface area (Å²) < 4.78 is 9.08. The van der Waals surface area contributed by atoms with Crippen LogP contribution in [0.2, 0.25) is 0 Å². The van der Waals surface area contributed by atoms with Crippen LogP contribution in [0.1, 0.15) is 64.2 Å². The first kappa shape index (κ1) is 14.5. The monoisotopic (exact) mass is 314 g/mol. The summed E-state index contributed by atoms with van der Waals surface area (Å²) in [5.74, 6) is 3.00. The number of rotatable bonds is 5. The second-order valence-corrected chi connectivity index (χ2v) is 9.07. The lowest BCUT2D eigenvalue weighted by atomic mass is 9.48. The molecule has 1 heterocycles. The molecule has 1 atom stereocenters. The van der Waals surface area contributed by atoms with Crippen LogP contribution in [0.15, 0.2) is 18.7 Å². The second kappa shape index (κ2) is 5.61. The SMILES string of the molecule is c1cn(CC(OC2CCCC2)C23CC4CC(CC(C4)C2)C3)cn1. The van der Waals surface area contributed by atoms with Gasteiger partial charge in [0.2, 0.25) is 0 Å². The third-order valence-electron chi connectivity index (χ3n) is 7.36. The molecule has 23 heavy (non-hydrogen) atoms. The molecule has 1 aromatic rings.